The Bertz CT molecular complexity index is 875. The van der Waals surface area contributed by atoms with Gasteiger partial charge in [-0.15, -0.1) is 4.73 Å². The molecule has 32 heavy (non-hydrogen) atoms. The highest BCUT2D eigenvalue weighted by Crippen LogP contribution is 2.27. The SMILES string of the molecule is C=C(CC)C(C)C(C(N)=O)N1CC(CNC(=O)CCC(=O)On2c(O)ccc2O)CC1=O. The molecule has 3 atom stereocenters. The van der Waals surface area contributed by atoms with Crippen molar-refractivity contribution in [3.8, 4) is 11.8 Å². The molecule has 0 spiro atoms. The minimum Gasteiger partial charge on any atom is -0.492 e. The van der Waals surface area contributed by atoms with E-state index in [1.54, 1.807) is 0 Å². The lowest BCUT2D eigenvalue weighted by Gasteiger charge is -2.31. The van der Waals surface area contributed by atoms with Crippen LogP contribution in [-0.2, 0) is 19.2 Å². The smallest absolute Gasteiger partial charge is 0.333 e. The Morgan fingerprint density at radius 3 is 2.47 bits per heavy atom. The van der Waals surface area contributed by atoms with Gasteiger partial charge in [0.2, 0.25) is 29.5 Å². The van der Waals surface area contributed by atoms with Gasteiger partial charge in [-0.3, -0.25) is 14.4 Å². The highest BCUT2D eigenvalue weighted by molar-refractivity contribution is 5.88. The van der Waals surface area contributed by atoms with E-state index in [9.17, 15) is 29.4 Å². The van der Waals surface area contributed by atoms with Crippen LogP contribution in [0.5, 0.6) is 11.8 Å². The number of aromatic nitrogens is 1. The fourth-order valence-corrected chi connectivity index (χ4v) is 3.63. The van der Waals surface area contributed by atoms with Crippen LogP contribution in [0.4, 0.5) is 0 Å². The van der Waals surface area contributed by atoms with E-state index >= 15 is 0 Å². The zero-order chi connectivity index (χ0) is 24.0. The Balaban J connectivity index is 1.82. The van der Waals surface area contributed by atoms with E-state index in [-0.39, 0.29) is 50.1 Å². The Labute approximate surface area is 185 Å². The summed E-state index contributed by atoms with van der Waals surface area (Å²) < 4.78 is 0.544. The number of carbonyl (C=O) groups is 4. The third kappa shape index (κ3) is 6.02. The Kier molecular flexibility index (Phi) is 8.27. The summed E-state index contributed by atoms with van der Waals surface area (Å²) >= 11 is 0. The molecule has 3 amide bonds. The number of hydrogen-bond acceptors (Lipinski definition) is 7. The van der Waals surface area contributed by atoms with E-state index in [2.05, 4.69) is 11.9 Å². The van der Waals surface area contributed by atoms with Crippen molar-refractivity contribution in [3.05, 3.63) is 24.3 Å². The minimum absolute atomic E-state index is 0.170. The van der Waals surface area contributed by atoms with Crippen LogP contribution >= 0.6 is 0 Å². The quantitative estimate of drug-likeness (QED) is 0.346. The van der Waals surface area contributed by atoms with Crippen LogP contribution in [0.25, 0.3) is 0 Å². The zero-order valence-corrected chi connectivity index (χ0v) is 18.2. The second-order valence-electron chi connectivity index (χ2n) is 7.88. The number of carbonyl (C=O) groups excluding carboxylic acids is 4. The lowest BCUT2D eigenvalue weighted by atomic mass is 9.91. The van der Waals surface area contributed by atoms with Crippen molar-refractivity contribution >= 4 is 23.7 Å². The molecule has 0 radical (unpaired) electrons. The zero-order valence-electron chi connectivity index (χ0n) is 18.2. The highest BCUT2D eigenvalue weighted by Gasteiger charge is 2.39. The van der Waals surface area contributed by atoms with E-state index in [1.165, 1.54) is 4.90 Å². The first kappa shape index (κ1) is 24.8. The average Bonchev–Trinajstić information content (AvgIpc) is 3.26. The van der Waals surface area contributed by atoms with Crippen molar-refractivity contribution in [3.63, 3.8) is 0 Å². The largest absolute Gasteiger partial charge is 0.492 e. The van der Waals surface area contributed by atoms with E-state index in [4.69, 9.17) is 10.6 Å². The molecule has 1 fully saturated rings. The maximum absolute atomic E-state index is 12.5. The number of rotatable bonds is 11. The lowest BCUT2D eigenvalue weighted by molar-refractivity contribution is -0.146. The van der Waals surface area contributed by atoms with Crippen LogP contribution in [0.1, 0.15) is 39.5 Å². The van der Waals surface area contributed by atoms with Crippen molar-refractivity contribution in [2.24, 2.45) is 17.6 Å². The first-order valence-electron chi connectivity index (χ1n) is 10.4. The van der Waals surface area contributed by atoms with Crippen molar-refractivity contribution in [2.45, 2.75) is 45.6 Å². The number of aromatic hydroxyl groups is 2. The van der Waals surface area contributed by atoms with Gasteiger partial charge in [0.15, 0.2) is 0 Å². The number of nitrogens with one attached hydrogen (secondary N) is 1. The number of amides is 3. The van der Waals surface area contributed by atoms with Gasteiger partial charge >= 0.3 is 5.97 Å². The first-order chi connectivity index (χ1) is 15.0. The first-order valence-corrected chi connectivity index (χ1v) is 10.4. The number of nitrogens with two attached hydrogens (primary N) is 1. The van der Waals surface area contributed by atoms with Crippen LogP contribution < -0.4 is 15.9 Å². The predicted octanol–water partition coefficient (Wildman–Crippen LogP) is 0.0556. The van der Waals surface area contributed by atoms with Crippen molar-refractivity contribution in [1.29, 1.82) is 0 Å². The molecule has 2 heterocycles. The standard InChI is InChI=1S/C21H30N4O7/c1-4-12(2)13(3)20(21(22)31)24-11-14(9-18(24)29)10-23-15(26)5-8-19(30)32-25-16(27)6-7-17(25)28/h6-7,13-14,20,27-28H,2,4-5,8-11H2,1,3H3,(H2,22,31)(H,23,26). The second kappa shape index (κ2) is 10.7. The van der Waals surface area contributed by atoms with Gasteiger partial charge < -0.3 is 31.0 Å². The van der Waals surface area contributed by atoms with Crippen LogP contribution in [0.3, 0.4) is 0 Å². The average molecular weight is 450 g/mol. The third-order valence-electron chi connectivity index (χ3n) is 5.57. The van der Waals surface area contributed by atoms with Gasteiger partial charge in [-0.2, -0.15) is 0 Å². The topological polar surface area (TPSA) is 164 Å². The Morgan fingerprint density at radius 1 is 1.28 bits per heavy atom. The summed E-state index contributed by atoms with van der Waals surface area (Å²) in [5.74, 6) is -3.44. The normalized spacial score (nSPS) is 17.6. The molecule has 3 unspecified atom stereocenters. The van der Waals surface area contributed by atoms with Gasteiger partial charge in [0.25, 0.3) is 0 Å². The van der Waals surface area contributed by atoms with Crippen molar-refractivity contribution in [2.75, 3.05) is 13.1 Å². The molecule has 1 aliphatic rings. The minimum atomic E-state index is -0.821. The van der Waals surface area contributed by atoms with Gasteiger partial charge in [-0.25, -0.2) is 4.79 Å². The van der Waals surface area contributed by atoms with Crippen LogP contribution in [0, 0.1) is 11.8 Å². The van der Waals surface area contributed by atoms with E-state index in [0.29, 0.717) is 11.2 Å². The fourth-order valence-electron chi connectivity index (χ4n) is 3.63. The number of hydrogen-bond donors (Lipinski definition) is 4. The predicted molar refractivity (Wildman–Crippen MR) is 113 cm³/mol. The molecule has 0 bridgehead atoms. The maximum Gasteiger partial charge on any atom is 0.333 e. The maximum atomic E-state index is 12.5. The monoisotopic (exact) mass is 450 g/mol. The molecule has 11 heteroatoms. The van der Waals surface area contributed by atoms with Crippen molar-refractivity contribution < 1.29 is 34.2 Å². The van der Waals surface area contributed by atoms with Crippen molar-refractivity contribution in [1.82, 2.24) is 14.9 Å². The van der Waals surface area contributed by atoms with Gasteiger partial charge in [0, 0.05) is 49.9 Å². The molecular weight excluding hydrogens is 420 g/mol. The van der Waals surface area contributed by atoms with Gasteiger partial charge in [0.1, 0.15) is 6.04 Å². The van der Waals surface area contributed by atoms with Crippen LogP contribution in [0.2, 0.25) is 0 Å². The number of nitrogens with zero attached hydrogens (tertiary/aromatic N) is 2. The molecule has 1 saturated heterocycles. The third-order valence-corrected chi connectivity index (χ3v) is 5.57. The summed E-state index contributed by atoms with van der Waals surface area (Å²) in [5.41, 5.74) is 6.38. The Morgan fingerprint density at radius 2 is 1.91 bits per heavy atom. The van der Waals surface area contributed by atoms with Crippen LogP contribution in [-0.4, -0.2) is 62.7 Å². The molecular formula is C21H30N4O7. The van der Waals surface area contributed by atoms with Gasteiger partial charge in [-0.1, -0.05) is 26.0 Å². The summed E-state index contributed by atoms with van der Waals surface area (Å²) in [6.07, 6.45) is 0.379. The fraction of sp³-hybridized carbons (Fsp3) is 0.524. The van der Waals surface area contributed by atoms with Gasteiger partial charge in [-0.05, 0) is 6.42 Å². The van der Waals surface area contributed by atoms with E-state index in [1.807, 2.05) is 13.8 Å². The molecule has 5 N–H and O–H groups in total. The van der Waals surface area contributed by atoms with Crippen LogP contribution in [0.15, 0.2) is 24.3 Å². The molecule has 1 aromatic heterocycles. The van der Waals surface area contributed by atoms with Gasteiger partial charge in [0.05, 0.1) is 6.42 Å². The van der Waals surface area contributed by atoms with E-state index in [0.717, 1.165) is 17.7 Å². The molecule has 2 rings (SSSR count). The second-order valence-corrected chi connectivity index (χ2v) is 7.88. The lowest BCUT2D eigenvalue weighted by Crippen LogP contribution is -2.50. The molecule has 0 saturated carbocycles. The number of primary amides is 1. The van der Waals surface area contributed by atoms with E-state index < -0.39 is 35.6 Å². The summed E-state index contributed by atoms with van der Waals surface area (Å²) in [6, 6.07) is 1.50. The molecule has 1 aliphatic heterocycles. The molecule has 0 aromatic carbocycles. The molecule has 11 nitrogen and oxygen atoms in total. The summed E-state index contributed by atoms with van der Waals surface area (Å²) in [6.45, 7) is 8.16. The Hall–Kier alpha value is -3.50. The molecule has 176 valence electrons. The molecule has 1 aromatic rings. The summed E-state index contributed by atoms with van der Waals surface area (Å²) in [7, 11) is 0. The molecule has 0 aliphatic carbocycles. The summed E-state index contributed by atoms with van der Waals surface area (Å²) in [4.78, 5) is 54.6. The summed E-state index contributed by atoms with van der Waals surface area (Å²) in [5, 5.41) is 21.5. The highest BCUT2D eigenvalue weighted by atomic mass is 16.7. The number of likely N-dealkylation sites (tertiary alicyclic amines) is 1.